The summed E-state index contributed by atoms with van der Waals surface area (Å²) in [6.45, 7) is 6.77. The summed E-state index contributed by atoms with van der Waals surface area (Å²) in [5, 5.41) is 7.77. The standard InChI is InChI=1S/C14H23N3O2/c1-4-14(3,18-5-2)13-16-12(19-17-13)10-8-9-6-7-11(10)15-9/h9-11,15H,4-8H2,1-3H3. The highest BCUT2D eigenvalue weighted by molar-refractivity contribution is 5.11. The Morgan fingerprint density at radius 3 is 2.84 bits per heavy atom. The number of aromatic nitrogens is 2. The normalized spacial score (nSPS) is 32.7. The van der Waals surface area contributed by atoms with Crippen LogP contribution in [-0.4, -0.2) is 28.8 Å². The summed E-state index contributed by atoms with van der Waals surface area (Å²) in [6, 6.07) is 1.17. The van der Waals surface area contributed by atoms with Gasteiger partial charge in [-0.2, -0.15) is 4.98 Å². The zero-order valence-electron chi connectivity index (χ0n) is 12.0. The highest BCUT2D eigenvalue weighted by Gasteiger charge is 2.43. The molecule has 4 atom stereocenters. The van der Waals surface area contributed by atoms with Crippen LogP contribution in [0.3, 0.4) is 0 Å². The minimum absolute atomic E-state index is 0.391. The first-order chi connectivity index (χ1) is 9.16. The monoisotopic (exact) mass is 265 g/mol. The molecule has 1 N–H and O–H groups in total. The van der Waals surface area contributed by atoms with Crippen molar-refractivity contribution in [2.45, 2.75) is 70.1 Å². The molecule has 0 saturated carbocycles. The Labute approximate surface area is 114 Å². The van der Waals surface area contributed by atoms with Crippen LogP contribution in [0.5, 0.6) is 0 Å². The van der Waals surface area contributed by atoms with Gasteiger partial charge in [-0.1, -0.05) is 12.1 Å². The van der Waals surface area contributed by atoms with Gasteiger partial charge in [0.1, 0.15) is 5.60 Å². The first-order valence-corrected chi connectivity index (χ1v) is 7.40. The fourth-order valence-corrected chi connectivity index (χ4v) is 3.34. The van der Waals surface area contributed by atoms with E-state index in [-0.39, 0.29) is 0 Å². The van der Waals surface area contributed by atoms with Crippen molar-refractivity contribution >= 4 is 0 Å². The number of hydrogen-bond acceptors (Lipinski definition) is 5. The second-order valence-corrected chi connectivity index (χ2v) is 5.86. The van der Waals surface area contributed by atoms with Crippen molar-refractivity contribution in [1.29, 1.82) is 0 Å². The molecule has 0 aromatic carbocycles. The molecule has 1 aromatic rings. The van der Waals surface area contributed by atoms with Gasteiger partial charge in [-0.3, -0.25) is 0 Å². The third-order valence-electron chi connectivity index (χ3n) is 4.67. The van der Waals surface area contributed by atoms with Crippen molar-refractivity contribution in [3.05, 3.63) is 11.7 Å². The van der Waals surface area contributed by atoms with Crippen LogP contribution in [0, 0.1) is 0 Å². The molecule has 3 rings (SSSR count). The smallest absolute Gasteiger partial charge is 0.231 e. The minimum atomic E-state index is -0.429. The second kappa shape index (κ2) is 4.87. The first kappa shape index (κ1) is 13.1. The third kappa shape index (κ3) is 2.19. The number of rotatable bonds is 5. The third-order valence-corrected chi connectivity index (χ3v) is 4.67. The van der Waals surface area contributed by atoms with Gasteiger partial charge in [-0.25, -0.2) is 0 Å². The molecule has 1 aromatic heterocycles. The summed E-state index contributed by atoms with van der Waals surface area (Å²) in [5.41, 5.74) is -0.429. The van der Waals surface area contributed by atoms with Crippen molar-refractivity contribution in [3.63, 3.8) is 0 Å². The zero-order valence-corrected chi connectivity index (χ0v) is 12.0. The second-order valence-electron chi connectivity index (χ2n) is 5.86. The van der Waals surface area contributed by atoms with E-state index in [1.807, 2.05) is 13.8 Å². The average Bonchev–Trinajstić information content (AvgIpc) is 3.14. The lowest BCUT2D eigenvalue weighted by Crippen LogP contribution is -2.27. The fraction of sp³-hybridized carbons (Fsp3) is 0.857. The predicted molar refractivity (Wildman–Crippen MR) is 70.9 cm³/mol. The molecule has 0 amide bonds. The molecule has 0 radical (unpaired) electrons. The number of nitrogens with one attached hydrogen (secondary N) is 1. The molecular formula is C14H23N3O2. The van der Waals surface area contributed by atoms with Gasteiger partial charge in [0, 0.05) is 18.7 Å². The van der Waals surface area contributed by atoms with Crippen LogP contribution in [0.15, 0.2) is 4.52 Å². The molecule has 19 heavy (non-hydrogen) atoms. The maximum Gasteiger partial charge on any atom is 0.231 e. The molecule has 2 fully saturated rings. The molecule has 3 heterocycles. The minimum Gasteiger partial charge on any atom is -0.367 e. The lowest BCUT2D eigenvalue weighted by molar-refractivity contribution is -0.0403. The van der Waals surface area contributed by atoms with Crippen molar-refractivity contribution in [2.24, 2.45) is 0 Å². The Hall–Kier alpha value is -0.940. The van der Waals surface area contributed by atoms with E-state index in [1.54, 1.807) is 0 Å². The van der Waals surface area contributed by atoms with E-state index in [2.05, 4.69) is 22.4 Å². The molecule has 4 unspecified atom stereocenters. The largest absolute Gasteiger partial charge is 0.367 e. The molecule has 2 aliphatic heterocycles. The van der Waals surface area contributed by atoms with Crippen LogP contribution < -0.4 is 5.32 Å². The molecule has 2 aliphatic rings. The lowest BCUT2D eigenvalue weighted by atomic mass is 9.89. The number of hydrogen-bond donors (Lipinski definition) is 1. The average molecular weight is 265 g/mol. The van der Waals surface area contributed by atoms with Crippen LogP contribution in [0.4, 0.5) is 0 Å². The Kier molecular flexibility index (Phi) is 3.35. The topological polar surface area (TPSA) is 60.2 Å². The Morgan fingerprint density at radius 1 is 1.42 bits per heavy atom. The molecule has 2 saturated heterocycles. The van der Waals surface area contributed by atoms with E-state index < -0.39 is 5.60 Å². The van der Waals surface area contributed by atoms with E-state index in [4.69, 9.17) is 9.26 Å². The van der Waals surface area contributed by atoms with Crippen molar-refractivity contribution in [3.8, 4) is 0 Å². The van der Waals surface area contributed by atoms with Gasteiger partial charge in [0.05, 0.1) is 5.92 Å². The van der Waals surface area contributed by atoms with E-state index >= 15 is 0 Å². The quantitative estimate of drug-likeness (QED) is 0.885. The van der Waals surface area contributed by atoms with E-state index in [1.165, 1.54) is 12.8 Å². The van der Waals surface area contributed by atoms with Gasteiger partial charge in [-0.05, 0) is 39.5 Å². The molecule has 5 nitrogen and oxygen atoms in total. The van der Waals surface area contributed by atoms with Gasteiger partial charge < -0.3 is 14.6 Å². The number of ether oxygens (including phenoxy) is 1. The Balaban J connectivity index is 1.79. The summed E-state index contributed by atoms with van der Waals surface area (Å²) in [5.74, 6) is 1.87. The van der Waals surface area contributed by atoms with Gasteiger partial charge in [0.15, 0.2) is 0 Å². The number of nitrogens with zero attached hydrogens (tertiary/aromatic N) is 2. The van der Waals surface area contributed by atoms with Crippen LogP contribution >= 0.6 is 0 Å². The summed E-state index contributed by atoms with van der Waals surface area (Å²) in [4.78, 5) is 4.63. The van der Waals surface area contributed by atoms with Crippen LogP contribution in [0.2, 0.25) is 0 Å². The number of fused-ring (bicyclic) bond motifs is 2. The summed E-state index contributed by atoms with van der Waals surface area (Å²) < 4.78 is 11.3. The highest BCUT2D eigenvalue weighted by Crippen LogP contribution is 2.40. The summed E-state index contributed by atoms with van der Waals surface area (Å²) in [6.07, 6.45) is 4.48. The molecule has 5 heteroatoms. The van der Waals surface area contributed by atoms with Crippen molar-refractivity contribution in [1.82, 2.24) is 15.5 Å². The molecule has 0 spiro atoms. The fourth-order valence-electron chi connectivity index (χ4n) is 3.34. The molecule has 0 aliphatic carbocycles. The lowest BCUT2D eigenvalue weighted by Gasteiger charge is -2.24. The van der Waals surface area contributed by atoms with Crippen LogP contribution in [0.25, 0.3) is 0 Å². The van der Waals surface area contributed by atoms with E-state index in [0.717, 1.165) is 18.7 Å². The van der Waals surface area contributed by atoms with Gasteiger partial charge in [-0.15, -0.1) is 0 Å². The van der Waals surface area contributed by atoms with Gasteiger partial charge in [0.25, 0.3) is 0 Å². The molecule has 106 valence electrons. The van der Waals surface area contributed by atoms with E-state index in [9.17, 15) is 0 Å². The summed E-state index contributed by atoms with van der Waals surface area (Å²) >= 11 is 0. The van der Waals surface area contributed by atoms with Gasteiger partial charge >= 0.3 is 0 Å². The van der Waals surface area contributed by atoms with Gasteiger partial charge in [0.2, 0.25) is 11.7 Å². The van der Waals surface area contributed by atoms with Crippen molar-refractivity contribution in [2.75, 3.05) is 6.61 Å². The maximum absolute atomic E-state index is 5.80. The zero-order chi connectivity index (χ0) is 13.5. The molecular weight excluding hydrogens is 242 g/mol. The predicted octanol–water partition coefficient (Wildman–Crippen LogP) is 2.34. The molecule has 2 bridgehead atoms. The summed E-state index contributed by atoms with van der Waals surface area (Å²) in [7, 11) is 0. The van der Waals surface area contributed by atoms with E-state index in [0.29, 0.717) is 30.4 Å². The van der Waals surface area contributed by atoms with Crippen molar-refractivity contribution < 1.29 is 9.26 Å². The van der Waals surface area contributed by atoms with Crippen LogP contribution in [-0.2, 0) is 10.3 Å². The maximum atomic E-state index is 5.80. The highest BCUT2D eigenvalue weighted by atomic mass is 16.5. The van der Waals surface area contributed by atoms with Crippen LogP contribution in [0.1, 0.15) is 64.1 Å². The Bertz CT molecular complexity index is 448. The SMILES string of the molecule is CCOC(C)(CC)c1noc(C2CC3CCC2N3)n1. The Morgan fingerprint density at radius 2 is 2.26 bits per heavy atom. The first-order valence-electron chi connectivity index (χ1n) is 7.40.